The maximum absolute atomic E-state index is 11.6. The third-order valence-corrected chi connectivity index (χ3v) is 3.10. The minimum Gasteiger partial charge on any atom is -0.381 e. The van der Waals surface area contributed by atoms with Gasteiger partial charge in [0.05, 0.1) is 13.1 Å². The molecule has 0 radical (unpaired) electrons. The van der Waals surface area contributed by atoms with E-state index in [0.29, 0.717) is 19.3 Å². The van der Waals surface area contributed by atoms with Gasteiger partial charge in [0.1, 0.15) is 0 Å². The fourth-order valence-electron chi connectivity index (χ4n) is 1.92. The van der Waals surface area contributed by atoms with E-state index >= 15 is 0 Å². The summed E-state index contributed by atoms with van der Waals surface area (Å²) in [6.45, 7) is 1.82. The first-order valence-electron chi connectivity index (χ1n) is 6.61. The highest BCUT2D eigenvalue weighted by atomic mass is 16.5. The van der Waals surface area contributed by atoms with E-state index in [1.54, 1.807) is 0 Å². The van der Waals surface area contributed by atoms with Gasteiger partial charge in [0, 0.05) is 25.3 Å². The van der Waals surface area contributed by atoms with Crippen molar-refractivity contribution in [2.24, 2.45) is 0 Å². The zero-order valence-electron chi connectivity index (χ0n) is 10.5. The molecule has 1 aliphatic carbocycles. The van der Waals surface area contributed by atoms with Crippen LogP contribution in [0.2, 0.25) is 0 Å². The molecule has 6 heteroatoms. The normalized spacial score (nSPS) is 20.4. The Morgan fingerprint density at radius 2 is 1.39 bits per heavy atom. The molecule has 0 unspecified atom stereocenters. The van der Waals surface area contributed by atoms with Crippen LogP contribution in [0.1, 0.15) is 25.7 Å². The number of carbonyl (C=O) groups is 2. The average molecular weight is 255 g/mol. The van der Waals surface area contributed by atoms with Crippen LogP contribution < -0.4 is 16.0 Å². The summed E-state index contributed by atoms with van der Waals surface area (Å²) in [5, 5.41) is 8.64. The smallest absolute Gasteiger partial charge is 0.234 e. The van der Waals surface area contributed by atoms with Crippen LogP contribution in [0.25, 0.3) is 0 Å². The largest absolute Gasteiger partial charge is 0.381 e. The monoisotopic (exact) mass is 255 g/mol. The molecular formula is C12H21N3O3. The van der Waals surface area contributed by atoms with Gasteiger partial charge in [-0.1, -0.05) is 0 Å². The summed E-state index contributed by atoms with van der Waals surface area (Å²) in [7, 11) is 0. The summed E-state index contributed by atoms with van der Waals surface area (Å²) in [4.78, 5) is 22.9. The quantitative estimate of drug-likeness (QED) is 0.577. The van der Waals surface area contributed by atoms with E-state index in [0.717, 1.165) is 25.7 Å². The molecule has 0 aromatic heterocycles. The Kier molecular flexibility index (Phi) is 4.95. The predicted molar refractivity (Wildman–Crippen MR) is 66.0 cm³/mol. The third kappa shape index (κ3) is 5.01. The van der Waals surface area contributed by atoms with Gasteiger partial charge in [-0.2, -0.15) is 0 Å². The first kappa shape index (κ1) is 13.3. The molecule has 1 heterocycles. The Labute approximate surface area is 107 Å². The molecule has 2 fully saturated rings. The maximum Gasteiger partial charge on any atom is 0.234 e. The predicted octanol–water partition coefficient (Wildman–Crippen LogP) is -0.850. The molecule has 18 heavy (non-hydrogen) atoms. The maximum atomic E-state index is 11.6. The van der Waals surface area contributed by atoms with Crippen LogP contribution in [0.4, 0.5) is 0 Å². The van der Waals surface area contributed by atoms with Gasteiger partial charge in [-0.25, -0.2) is 0 Å². The lowest BCUT2D eigenvalue weighted by Crippen LogP contribution is -2.45. The van der Waals surface area contributed by atoms with Crippen LogP contribution in [0.3, 0.4) is 0 Å². The number of rotatable bonds is 6. The summed E-state index contributed by atoms with van der Waals surface area (Å²) in [5.41, 5.74) is 0. The zero-order valence-corrected chi connectivity index (χ0v) is 10.5. The van der Waals surface area contributed by atoms with E-state index in [-0.39, 0.29) is 30.9 Å². The average Bonchev–Trinajstić information content (AvgIpc) is 3.14. The van der Waals surface area contributed by atoms with Crippen LogP contribution in [0.15, 0.2) is 0 Å². The lowest BCUT2D eigenvalue weighted by atomic mass is 10.1. The van der Waals surface area contributed by atoms with Crippen molar-refractivity contribution in [3.05, 3.63) is 0 Å². The number of ether oxygens (including phenoxy) is 1. The molecule has 2 amide bonds. The van der Waals surface area contributed by atoms with Gasteiger partial charge in [0.25, 0.3) is 0 Å². The Hall–Kier alpha value is -1.14. The van der Waals surface area contributed by atoms with Crippen molar-refractivity contribution in [1.29, 1.82) is 0 Å². The molecule has 2 aliphatic rings. The summed E-state index contributed by atoms with van der Waals surface area (Å²) in [5.74, 6) is -0.0857. The lowest BCUT2D eigenvalue weighted by molar-refractivity contribution is -0.122. The van der Waals surface area contributed by atoms with Gasteiger partial charge in [-0.15, -0.1) is 0 Å². The first-order valence-corrected chi connectivity index (χ1v) is 6.61. The van der Waals surface area contributed by atoms with E-state index in [1.165, 1.54) is 0 Å². The molecule has 0 aromatic rings. The van der Waals surface area contributed by atoms with Crippen LogP contribution in [-0.4, -0.2) is 50.2 Å². The van der Waals surface area contributed by atoms with Crippen LogP contribution in [0.5, 0.6) is 0 Å². The number of nitrogens with one attached hydrogen (secondary N) is 3. The van der Waals surface area contributed by atoms with Crippen LogP contribution >= 0.6 is 0 Å². The lowest BCUT2D eigenvalue weighted by Gasteiger charge is -2.23. The Balaban J connectivity index is 1.52. The summed E-state index contributed by atoms with van der Waals surface area (Å²) < 4.78 is 5.22. The molecular weight excluding hydrogens is 234 g/mol. The number of carbonyl (C=O) groups excluding carboxylic acids is 2. The fourth-order valence-corrected chi connectivity index (χ4v) is 1.92. The highest BCUT2D eigenvalue weighted by Crippen LogP contribution is 2.18. The second kappa shape index (κ2) is 6.70. The van der Waals surface area contributed by atoms with Gasteiger partial charge in [0.15, 0.2) is 0 Å². The standard InChI is InChI=1S/C12H21N3O3/c16-11(14-9-1-2-9)7-13-8-12(17)15-10-3-5-18-6-4-10/h9-10,13H,1-8H2,(H,14,16)(H,15,17). The molecule has 1 saturated carbocycles. The fraction of sp³-hybridized carbons (Fsp3) is 0.833. The Morgan fingerprint density at radius 3 is 1.89 bits per heavy atom. The molecule has 3 N–H and O–H groups in total. The Morgan fingerprint density at radius 1 is 0.889 bits per heavy atom. The van der Waals surface area contributed by atoms with Crippen molar-refractivity contribution >= 4 is 11.8 Å². The van der Waals surface area contributed by atoms with E-state index in [9.17, 15) is 9.59 Å². The summed E-state index contributed by atoms with van der Waals surface area (Å²) in [6, 6.07) is 0.587. The molecule has 0 atom stereocenters. The number of hydrogen-bond donors (Lipinski definition) is 3. The minimum absolute atomic E-state index is 0.0311. The molecule has 0 bridgehead atoms. The van der Waals surface area contributed by atoms with Crippen molar-refractivity contribution in [2.75, 3.05) is 26.3 Å². The van der Waals surface area contributed by atoms with Crippen molar-refractivity contribution in [3.63, 3.8) is 0 Å². The molecule has 1 aliphatic heterocycles. The minimum atomic E-state index is -0.0545. The molecule has 1 saturated heterocycles. The second-order valence-corrected chi connectivity index (χ2v) is 4.90. The SMILES string of the molecule is O=C(CNCC(=O)NC1CC1)NC1CCOCC1. The van der Waals surface area contributed by atoms with Crippen molar-refractivity contribution in [2.45, 2.75) is 37.8 Å². The van der Waals surface area contributed by atoms with E-state index in [1.807, 2.05) is 0 Å². The molecule has 2 rings (SSSR count). The van der Waals surface area contributed by atoms with E-state index in [4.69, 9.17) is 4.74 Å². The van der Waals surface area contributed by atoms with Crippen LogP contribution in [0, 0.1) is 0 Å². The van der Waals surface area contributed by atoms with E-state index in [2.05, 4.69) is 16.0 Å². The van der Waals surface area contributed by atoms with Crippen LogP contribution in [-0.2, 0) is 14.3 Å². The number of amides is 2. The second-order valence-electron chi connectivity index (χ2n) is 4.90. The molecule has 102 valence electrons. The Bertz CT molecular complexity index is 299. The number of hydrogen-bond acceptors (Lipinski definition) is 4. The zero-order chi connectivity index (χ0) is 12.8. The van der Waals surface area contributed by atoms with Crippen molar-refractivity contribution < 1.29 is 14.3 Å². The topological polar surface area (TPSA) is 79.5 Å². The van der Waals surface area contributed by atoms with Gasteiger partial charge in [-0.3, -0.25) is 14.9 Å². The van der Waals surface area contributed by atoms with Crippen molar-refractivity contribution in [1.82, 2.24) is 16.0 Å². The third-order valence-electron chi connectivity index (χ3n) is 3.10. The molecule has 0 spiro atoms. The summed E-state index contributed by atoms with van der Waals surface area (Å²) in [6.07, 6.45) is 3.90. The van der Waals surface area contributed by atoms with Gasteiger partial charge in [0.2, 0.25) is 11.8 Å². The first-order chi connectivity index (χ1) is 8.74. The van der Waals surface area contributed by atoms with Gasteiger partial charge >= 0.3 is 0 Å². The summed E-state index contributed by atoms with van der Waals surface area (Å²) >= 11 is 0. The molecule has 0 aromatic carbocycles. The highest BCUT2D eigenvalue weighted by Gasteiger charge is 2.23. The van der Waals surface area contributed by atoms with Crippen molar-refractivity contribution in [3.8, 4) is 0 Å². The van der Waals surface area contributed by atoms with Gasteiger partial charge < -0.3 is 15.4 Å². The van der Waals surface area contributed by atoms with E-state index < -0.39 is 0 Å². The highest BCUT2D eigenvalue weighted by molar-refractivity contribution is 5.81. The molecule has 6 nitrogen and oxygen atoms in total. The van der Waals surface area contributed by atoms with Gasteiger partial charge in [-0.05, 0) is 25.7 Å².